The lowest BCUT2D eigenvalue weighted by Gasteiger charge is -2.32. The molecule has 0 radical (unpaired) electrons. The van der Waals surface area contributed by atoms with Gasteiger partial charge in [-0.25, -0.2) is 13.4 Å². The monoisotopic (exact) mass is 524 g/mol. The zero-order valence-corrected chi connectivity index (χ0v) is 22.1. The van der Waals surface area contributed by atoms with E-state index >= 15 is 0 Å². The number of piperidine rings is 1. The molecule has 0 atom stereocenters. The highest BCUT2D eigenvalue weighted by molar-refractivity contribution is 7.90. The van der Waals surface area contributed by atoms with Crippen LogP contribution in [0.4, 0.5) is 17.5 Å². The van der Waals surface area contributed by atoms with Crippen LogP contribution >= 0.6 is 11.6 Å². The van der Waals surface area contributed by atoms with Gasteiger partial charge in [0.05, 0.1) is 16.5 Å². The van der Waals surface area contributed by atoms with Gasteiger partial charge in [0.15, 0.2) is 9.84 Å². The highest BCUT2D eigenvalue weighted by Crippen LogP contribution is 2.26. The number of benzene rings is 2. The lowest BCUT2D eigenvalue weighted by Crippen LogP contribution is -2.39. The normalized spacial score (nSPS) is 14.9. The van der Waals surface area contributed by atoms with E-state index in [2.05, 4.69) is 31.6 Å². The molecule has 0 spiro atoms. The van der Waals surface area contributed by atoms with Crippen molar-refractivity contribution in [1.82, 2.24) is 14.9 Å². The second-order valence-corrected chi connectivity index (χ2v) is 11.6. The van der Waals surface area contributed by atoms with Gasteiger partial charge in [-0.05, 0) is 73.7 Å². The molecule has 0 unspecified atom stereocenters. The van der Waals surface area contributed by atoms with E-state index in [1.807, 2.05) is 32.0 Å². The predicted molar refractivity (Wildman–Crippen MR) is 142 cm³/mol. The first-order valence-corrected chi connectivity index (χ1v) is 14.0. The van der Waals surface area contributed by atoms with Crippen molar-refractivity contribution < 1.29 is 8.42 Å². The summed E-state index contributed by atoms with van der Waals surface area (Å²) in [6, 6.07) is 12.9. The summed E-state index contributed by atoms with van der Waals surface area (Å²) in [4.78, 5) is 11.6. The summed E-state index contributed by atoms with van der Waals surface area (Å²) in [6.07, 6.45) is 4.76. The minimum Gasteiger partial charge on any atom is -0.351 e. The molecule has 188 valence electrons. The Hall–Kier alpha value is -3.19. The van der Waals surface area contributed by atoms with Crippen molar-refractivity contribution in [1.29, 1.82) is 5.26 Å². The van der Waals surface area contributed by atoms with Crippen molar-refractivity contribution >= 4 is 38.9 Å². The number of aryl methyl sites for hydroxylation is 2. The number of nitriles is 1. The highest BCUT2D eigenvalue weighted by atomic mass is 35.5. The molecule has 3 aromatic rings. The van der Waals surface area contributed by atoms with Gasteiger partial charge in [-0.15, -0.1) is 0 Å². The van der Waals surface area contributed by atoms with E-state index in [4.69, 9.17) is 16.9 Å². The number of rotatable bonds is 7. The van der Waals surface area contributed by atoms with Crippen LogP contribution in [-0.2, 0) is 16.4 Å². The molecule has 1 aliphatic heterocycles. The molecule has 36 heavy (non-hydrogen) atoms. The van der Waals surface area contributed by atoms with Crippen LogP contribution in [0.1, 0.15) is 35.1 Å². The molecule has 2 aromatic carbocycles. The maximum atomic E-state index is 11.7. The second kappa shape index (κ2) is 10.8. The molecule has 2 N–H and O–H groups in total. The Labute approximate surface area is 217 Å². The Morgan fingerprint density at radius 3 is 2.44 bits per heavy atom. The first kappa shape index (κ1) is 25.9. The van der Waals surface area contributed by atoms with Crippen molar-refractivity contribution in [3.63, 3.8) is 0 Å². The first-order valence-electron chi connectivity index (χ1n) is 11.7. The minimum absolute atomic E-state index is 0.236. The van der Waals surface area contributed by atoms with Crippen LogP contribution in [0.2, 0.25) is 5.02 Å². The van der Waals surface area contributed by atoms with E-state index in [1.54, 1.807) is 18.3 Å². The van der Waals surface area contributed by atoms with Crippen LogP contribution in [0.3, 0.4) is 0 Å². The first-order chi connectivity index (χ1) is 17.1. The van der Waals surface area contributed by atoms with Crippen LogP contribution in [0.15, 0.2) is 47.5 Å². The van der Waals surface area contributed by atoms with Gasteiger partial charge in [0.25, 0.3) is 0 Å². The number of anilines is 3. The topological polar surface area (TPSA) is 111 Å². The third-order valence-electron chi connectivity index (χ3n) is 6.34. The van der Waals surface area contributed by atoms with Crippen LogP contribution < -0.4 is 10.6 Å². The molecule has 0 amide bonds. The summed E-state index contributed by atoms with van der Waals surface area (Å²) in [5, 5.41) is 16.5. The fraction of sp³-hybridized carbons (Fsp3) is 0.346. The number of sulfone groups is 1. The van der Waals surface area contributed by atoms with Crippen molar-refractivity contribution in [2.45, 2.75) is 44.2 Å². The number of nitrogens with zero attached hydrogens (tertiary/aromatic N) is 4. The molecule has 0 bridgehead atoms. The second-order valence-electron chi connectivity index (χ2n) is 9.21. The predicted octanol–water partition coefficient (Wildman–Crippen LogP) is 4.84. The zero-order valence-electron chi connectivity index (χ0n) is 20.5. The standard InChI is InChI=1S/C26H29ClN6O2S/c1-17-12-19(15-28)13-18(2)25(17)31-24-6-9-29-26(32-24)30-21-7-10-33(11-8-21)16-20-4-5-22(14-23(20)27)36(3,34)35/h4-6,9,12-14,21H,7-8,10-11,16H2,1-3H3,(H2,29,30,31,32). The Kier molecular flexibility index (Phi) is 7.79. The van der Waals surface area contributed by atoms with Gasteiger partial charge in [0.2, 0.25) is 5.95 Å². The molecule has 1 aromatic heterocycles. The summed E-state index contributed by atoms with van der Waals surface area (Å²) in [5.41, 5.74) is 4.47. The highest BCUT2D eigenvalue weighted by Gasteiger charge is 2.21. The quantitative estimate of drug-likeness (QED) is 0.451. The molecule has 1 fully saturated rings. The lowest BCUT2D eigenvalue weighted by atomic mass is 10.0. The number of nitrogens with one attached hydrogen (secondary N) is 2. The summed E-state index contributed by atoms with van der Waals surface area (Å²) in [6.45, 7) is 6.37. The van der Waals surface area contributed by atoms with Gasteiger partial charge in [-0.2, -0.15) is 10.2 Å². The molecule has 8 nitrogen and oxygen atoms in total. The van der Waals surface area contributed by atoms with E-state index in [0.717, 1.165) is 48.3 Å². The summed E-state index contributed by atoms with van der Waals surface area (Å²) in [7, 11) is -3.27. The number of halogens is 1. The van der Waals surface area contributed by atoms with Gasteiger partial charge in [-0.1, -0.05) is 17.7 Å². The van der Waals surface area contributed by atoms with Crippen molar-refractivity contribution in [3.05, 3.63) is 69.9 Å². The SMILES string of the molecule is Cc1cc(C#N)cc(C)c1Nc1ccnc(NC2CCN(Cc3ccc(S(C)(=O)=O)cc3Cl)CC2)n1. The van der Waals surface area contributed by atoms with Crippen LogP contribution in [0, 0.1) is 25.2 Å². The van der Waals surface area contributed by atoms with E-state index in [0.29, 0.717) is 28.9 Å². The molecule has 4 rings (SSSR count). The fourth-order valence-electron chi connectivity index (χ4n) is 4.40. The Bertz CT molecular complexity index is 1390. The minimum atomic E-state index is -3.27. The molecule has 0 aliphatic carbocycles. The number of likely N-dealkylation sites (tertiary alicyclic amines) is 1. The van der Waals surface area contributed by atoms with Crippen molar-refractivity contribution in [2.24, 2.45) is 0 Å². The number of hydrogen-bond donors (Lipinski definition) is 2. The van der Waals surface area contributed by atoms with Crippen LogP contribution in [0.25, 0.3) is 0 Å². The van der Waals surface area contributed by atoms with Crippen LogP contribution in [-0.4, -0.2) is 48.7 Å². The van der Waals surface area contributed by atoms with Gasteiger partial charge in [0, 0.05) is 48.8 Å². The summed E-state index contributed by atoms with van der Waals surface area (Å²) in [5.74, 6) is 1.26. The Morgan fingerprint density at radius 1 is 1.14 bits per heavy atom. The van der Waals surface area contributed by atoms with E-state index < -0.39 is 9.84 Å². The summed E-state index contributed by atoms with van der Waals surface area (Å²) < 4.78 is 23.5. The van der Waals surface area contributed by atoms with Crippen LogP contribution in [0.5, 0.6) is 0 Å². The number of hydrogen-bond acceptors (Lipinski definition) is 8. The van der Waals surface area contributed by atoms with Gasteiger partial charge in [-0.3, -0.25) is 4.90 Å². The average molecular weight is 525 g/mol. The van der Waals surface area contributed by atoms with E-state index in [9.17, 15) is 8.42 Å². The number of aromatic nitrogens is 2. The van der Waals surface area contributed by atoms with E-state index in [1.165, 1.54) is 12.3 Å². The summed E-state index contributed by atoms with van der Waals surface area (Å²) >= 11 is 6.36. The molecule has 10 heteroatoms. The maximum absolute atomic E-state index is 11.7. The van der Waals surface area contributed by atoms with Crippen molar-refractivity contribution in [2.75, 3.05) is 30.0 Å². The van der Waals surface area contributed by atoms with Gasteiger partial charge >= 0.3 is 0 Å². The Balaban J connectivity index is 1.34. The third kappa shape index (κ3) is 6.32. The molecule has 1 aliphatic rings. The third-order valence-corrected chi connectivity index (χ3v) is 7.80. The zero-order chi connectivity index (χ0) is 25.9. The largest absolute Gasteiger partial charge is 0.351 e. The maximum Gasteiger partial charge on any atom is 0.224 e. The van der Waals surface area contributed by atoms with Gasteiger partial charge < -0.3 is 10.6 Å². The van der Waals surface area contributed by atoms with Gasteiger partial charge in [0.1, 0.15) is 5.82 Å². The molecule has 2 heterocycles. The van der Waals surface area contributed by atoms with Crippen molar-refractivity contribution in [3.8, 4) is 6.07 Å². The fourth-order valence-corrected chi connectivity index (χ4v) is 5.35. The lowest BCUT2D eigenvalue weighted by molar-refractivity contribution is 0.211. The molecular weight excluding hydrogens is 496 g/mol. The molecular formula is C26H29ClN6O2S. The molecule has 1 saturated heterocycles. The average Bonchev–Trinajstić information content (AvgIpc) is 2.83. The molecule has 0 saturated carbocycles. The smallest absolute Gasteiger partial charge is 0.224 e. The van der Waals surface area contributed by atoms with E-state index in [-0.39, 0.29) is 10.9 Å². The Morgan fingerprint density at radius 2 is 1.83 bits per heavy atom.